The van der Waals surface area contributed by atoms with Crippen molar-refractivity contribution in [3.8, 4) is 23.0 Å². The molecule has 0 saturated carbocycles. The molecule has 0 aliphatic heterocycles. The maximum Gasteiger partial charge on any atom is 0.352 e. The van der Waals surface area contributed by atoms with E-state index in [2.05, 4.69) is 0 Å². The maximum absolute atomic E-state index is 12.8. The predicted octanol–water partition coefficient (Wildman–Crippen LogP) is 5.53. The smallest absolute Gasteiger partial charge is 0.352 e. The third kappa shape index (κ3) is 9.54. The minimum absolute atomic E-state index is 0.0369. The molecule has 48 heavy (non-hydrogen) atoms. The highest BCUT2D eigenvalue weighted by atomic mass is 32.1. The topological polar surface area (TPSA) is 176 Å². The number of thiophene rings is 2. The monoisotopic (exact) mass is 706 g/mol. The lowest BCUT2D eigenvalue weighted by molar-refractivity contribution is -0.133. The van der Waals surface area contributed by atoms with Gasteiger partial charge in [-0.2, -0.15) is 0 Å². The zero-order valence-electron chi connectivity index (χ0n) is 27.1. The van der Waals surface area contributed by atoms with E-state index < -0.39 is 35.8 Å². The average molecular weight is 707 g/mol. The zero-order chi connectivity index (χ0) is 35.4. The minimum atomic E-state index is -0.812. The summed E-state index contributed by atoms with van der Waals surface area (Å²) >= 11 is 1.42. The van der Waals surface area contributed by atoms with Crippen molar-refractivity contribution >= 4 is 58.5 Å². The van der Waals surface area contributed by atoms with Gasteiger partial charge in [-0.05, 0) is 44.9 Å². The maximum atomic E-state index is 12.8. The van der Waals surface area contributed by atoms with E-state index in [0.29, 0.717) is 33.8 Å². The molecule has 0 saturated heterocycles. The van der Waals surface area contributed by atoms with E-state index in [0.717, 1.165) is 13.8 Å². The summed E-state index contributed by atoms with van der Waals surface area (Å²) in [5, 5.41) is 0. The van der Waals surface area contributed by atoms with Crippen LogP contribution in [0.25, 0.3) is 0 Å². The van der Waals surface area contributed by atoms with Gasteiger partial charge in [0.2, 0.25) is 0 Å². The lowest BCUT2D eigenvalue weighted by atomic mass is 10.1. The molecule has 0 fully saturated rings. The van der Waals surface area contributed by atoms with Gasteiger partial charge in [-0.15, -0.1) is 22.7 Å². The second-order valence-electron chi connectivity index (χ2n) is 9.30. The van der Waals surface area contributed by atoms with E-state index >= 15 is 0 Å². The summed E-state index contributed by atoms with van der Waals surface area (Å²) in [6.45, 7) is 8.52. The Morgan fingerprint density at radius 2 is 0.833 bits per heavy atom. The Balaban J connectivity index is 1.95. The van der Waals surface area contributed by atoms with E-state index in [1.54, 1.807) is 52.0 Å². The highest BCUT2D eigenvalue weighted by molar-refractivity contribution is 7.17. The minimum Gasteiger partial charge on any atom is -0.483 e. The normalized spacial score (nSPS) is 10.5. The molecule has 258 valence electrons. The van der Waals surface area contributed by atoms with Crippen LogP contribution in [0.1, 0.15) is 91.4 Å². The number of ether oxygens (including phenoxy) is 8. The Morgan fingerprint density at radius 3 is 1.12 bits per heavy atom. The molecule has 16 heteroatoms. The van der Waals surface area contributed by atoms with Gasteiger partial charge in [0, 0.05) is 13.8 Å². The lowest BCUT2D eigenvalue weighted by Gasteiger charge is -2.12. The van der Waals surface area contributed by atoms with Crippen molar-refractivity contribution in [1.82, 2.24) is 0 Å². The van der Waals surface area contributed by atoms with E-state index in [9.17, 15) is 28.8 Å². The second kappa shape index (κ2) is 17.8. The Labute approximate surface area is 283 Å². The number of benzene rings is 1. The van der Waals surface area contributed by atoms with E-state index in [1.165, 1.54) is 0 Å². The summed E-state index contributed by atoms with van der Waals surface area (Å²) in [7, 11) is 0. The van der Waals surface area contributed by atoms with Gasteiger partial charge in [-0.25, -0.2) is 19.2 Å². The SMILES string of the molecule is CCOC(=O)c1sc(C(=O)OCC)c(OC(C)=O)c1OCc1cccc(COc2c(C(=O)OCC)sc(C(=O)OCC)c2OC(C)=O)c1. The molecule has 0 bridgehead atoms. The predicted molar refractivity (Wildman–Crippen MR) is 170 cm³/mol. The fourth-order valence-electron chi connectivity index (χ4n) is 3.98. The van der Waals surface area contributed by atoms with Crippen molar-refractivity contribution in [3.63, 3.8) is 0 Å². The molecular weight excluding hydrogens is 672 g/mol. The second-order valence-corrected chi connectivity index (χ2v) is 11.3. The molecule has 2 aromatic heterocycles. The Morgan fingerprint density at radius 1 is 0.521 bits per heavy atom. The van der Waals surface area contributed by atoms with Gasteiger partial charge in [-0.3, -0.25) is 9.59 Å². The van der Waals surface area contributed by atoms with Crippen LogP contribution in [-0.4, -0.2) is 62.2 Å². The first kappa shape index (κ1) is 37.5. The van der Waals surface area contributed by atoms with Gasteiger partial charge in [0.15, 0.2) is 42.5 Å². The van der Waals surface area contributed by atoms with Crippen LogP contribution in [0.4, 0.5) is 0 Å². The molecule has 0 radical (unpaired) electrons. The number of hydrogen-bond acceptors (Lipinski definition) is 16. The number of carbonyl (C=O) groups is 6. The van der Waals surface area contributed by atoms with Crippen molar-refractivity contribution in [2.45, 2.75) is 54.8 Å². The first-order chi connectivity index (χ1) is 22.9. The molecule has 0 aliphatic rings. The van der Waals surface area contributed by atoms with Crippen molar-refractivity contribution in [3.05, 3.63) is 54.9 Å². The molecule has 0 amide bonds. The fourth-order valence-corrected chi connectivity index (χ4v) is 5.90. The number of hydrogen-bond donors (Lipinski definition) is 0. The van der Waals surface area contributed by atoms with Crippen LogP contribution in [0.15, 0.2) is 24.3 Å². The Hall–Kier alpha value is -4.96. The molecule has 1 aromatic carbocycles. The van der Waals surface area contributed by atoms with Crippen LogP contribution in [0, 0.1) is 0 Å². The van der Waals surface area contributed by atoms with Crippen LogP contribution in [0.2, 0.25) is 0 Å². The molecule has 0 atom stereocenters. The molecule has 0 spiro atoms. The van der Waals surface area contributed by atoms with E-state index in [-0.39, 0.29) is 82.1 Å². The largest absolute Gasteiger partial charge is 0.483 e. The van der Waals surface area contributed by atoms with Gasteiger partial charge < -0.3 is 37.9 Å². The summed E-state index contributed by atoms with van der Waals surface area (Å²) in [6.07, 6.45) is 0. The van der Waals surface area contributed by atoms with Gasteiger partial charge in [0.25, 0.3) is 0 Å². The summed E-state index contributed by atoms with van der Waals surface area (Å²) in [5.41, 5.74) is 1.12. The first-order valence-corrected chi connectivity index (χ1v) is 16.3. The van der Waals surface area contributed by atoms with Crippen LogP contribution in [0.5, 0.6) is 23.0 Å². The fraction of sp³-hybridized carbons (Fsp3) is 0.375. The standard InChI is InChI=1S/C32H34O14S2/c1-7-39-29(35)25-21(23(45-17(5)33)27(47-25)31(37)41-9-3)43-15-19-12-11-13-20(14-19)16-44-22-24(46-18(6)34)28(32(38)42-10-4)48-26(22)30(36)40-8-2/h11-14H,7-10,15-16H2,1-6H3. The van der Waals surface area contributed by atoms with Gasteiger partial charge >= 0.3 is 35.8 Å². The summed E-state index contributed by atoms with van der Waals surface area (Å²) in [5.74, 6) is -5.60. The molecular formula is C32H34O14S2. The number of carbonyl (C=O) groups excluding carboxylic acids is 6. The molecule has 3 rings (SSSR count). The third-order valence-corrected chi connectivity index (χ3v) is 7.96. The lowest BCUT2D eigenvalue weighted by Crippen LogP contribution is -2.10. The average Bonchev–Trinajstić information content (AvgIpc) is 3.57. The molecule has 0 aliphatic carbocycles. The number of esters is 6. The molecule has 0 N–H and O–H groups in total. The van der Waals surface area contributed by atoms with Crippen molar-refractivity contribution in [1.29, 1.82) is 0 Å². The van der Waals surface area contributed by atoms with Crippen LogP contribution in [0.3, 0.4) is 0 Å². The molecule has 3 aromatic rings. The van der Waals surface area contributed by atoms with E-state index in [1.807, 2.05) is 0 Å². The van der Waals surface area contributed by atoms with Crippen LogP contribution >= 0.6 is 22.7 Å². The number of rotatable bonds is 16. The molecule has 2 heterocycles. The quantitative estimate of drug-likeness (QED) is 0.134. The summed E-state index contributed by atoms with van der Waals surface area (Å²) in [6, 6.07) is 6.78. The highest BCUT2D eigenvalue weighted by Crippen LogP contribution is 2.45. The summed E-state index contributed by atoms with van der Waals surface area (Å²) < 4.78 is 42.9. The van der Waals surface area contributed by atoms with Crippen LogP contribution in [-0.2, 0) is 41.8 Å². The first-order valence-electron chi connectivity index (χ1n) is 14.7. The van der Waals surface area contributed by atoms with Gasteiger partial charge in [-0.1, -0.05) is 18.2 Å². The van der Waals surface area contributed by atoms with Crippen molar-refractivity contribution in [2.24, 2.45) is 0 Å². The molecule has 0 unspecified atom stereocenters. The van der Waals surface area contributed by atoms with Crippen molar-refractivity contribution in [2.75, 3.05) is 26.4 Å². The van der Waals surface area contributed by atoms with E-state index in [4.69, 9.17) is 37.9 Å². The summed E-state index contributed by atoms with van der Waals surface area (Å²) in [4.78, 5) is 74.2. The van der Waals surface area contributed by atoms with Crippen LogP contribution < -0.4 is 18.9 Å². The van der Waals surface area contributed by atoms with Gasteiger partial charge in [0.1, 0.15) is 13.2 Å². The Bertz CT molecular complexity index is 1550. The third-order valence-electron chi connectivity index (χ3n) is 5.74. The highest BCUT2D eigenvalue weighted by Gasteiger charge is 2.33. The molecule has 14 nitrogen and oxygen atoms in total. The van der Waals surface area contributed by atoms with Gasteiger partial charge in [0.05, 0.1) is 26.4 Å². The zero-order valence-corrected chi connectivity index (χ0v) is 28.7. The van der Waals surface area contributed by atoms with Crippen molar-refractivity contribution < 1.29 is 66.7 Å². The Kier molecular flexibility index (Phi) is 13.9.